The lowest BCUT2D eigenvalue weighted by Crippen LogP contribution is -2.45. The van der Waals surface area contributed by atoms with Gasteiger partial charge in [0.2, 0.25) is 0 Å². The van der Waals surface area contributed by atoms with Crippen LogP contribution in [0.2, 0.25) is 0 Å². The summed E-state index contributed by atoms with van der Waals surface area (Å²) in [6, 6.07) is 20.3. The third-order valence-electron chi connectivity index (χ3n) is 5.67. The fourth-order valence-corrected chi connectivity index (χ4v) is 3.57. The average molecular weight is 588 g/mol. The molecule has 1 saturated heterocycles. The number of halogens is 6. The highest BCUT2D eigenvalue weighted by Gasteiger charge is 2.38. The molecule has 1 aliphatic heterocycles. The molecule has 0 atom stereocenters. The lowest BCUT2D eigenvalue weighted by Gasteiger charge is -2.34. The van der Waals surface area contributed by atoms with Crippen LogP contribution >= 0.6 is 0 Å². The normalized spacial score (nSPS) is 14.2. The van der Waals surface area contributed by atoms with Crippen LogP contribution in [0.4, 0.5) is 26.3 Å². The van der Waals surface area contributed by atoms with Crippen molar-refractivity contribution in [2.75, 3.05) is 26.2 Å². The molecule has 0 aliphatic carbocycles. The smallest absolute Gasteiger partial charge is 0.490 e. The number of aliphatic carboxylic acids is 2. The molecule has 8 nitrogen and oxygen atoms in total. The van der Waals surface area contributed by atoms with Crippen molar-refractivity contribution in [2.24, 2.45) is 0 Å². The van der Waals surface area contributed by atoms with E-state index < -0.39 is 24.3 Å². The van der Waals surface area contributed by atoms with E-state index in [-0.39, 0.29) is 0 Å². The summed E-state index contributed by atoms with van der Waals surface area (Å²) in [4.78, 5) is 26.9. The molecule has 0 spiro atoms. The Labute approximate surface area is 231 Å². The number of carbonyl (C=O) groups is 2. The van der Waals surface area contributed by atoms with Crippen LogP contribution in [0.3, 0.4) is 0 Å². The molecule has 1 fully saturated rings. The van der Waals surface area contributed by atoms with Crippen LogP contribution in [0.15, 0.2) is 73.1 Å². The van der Waals surface area contributed by atoms with Gasteiger partial charge in [-0.2, -0.15) is 26.3 Å². The van der Waals surface area contributed by atoms with Crippen LogP contribution in [0.25, 0.3) is 11.1 Å². The second-order valence-electron chi connectivity index (χ2n) is 8.76. The Morgan fingerprint density at radius 3 is 1.29 bits per heavy atom. The van der Waals surface area contributed by atoms with Gasteiger partial charge in [-0.3, -0.25) is 14.8 Å². The van der Waals surface area contributed by atoms with Gasteiger partial charge in [0.15, 0.2) is 0 Å². The summed E-state index contributed by atoms with van der Waals surface area (Å²) in [5, 5.41) is 23.7. The van der Waals surface area contributed by atoms with Crippen molar-refractivity contribution in [3.05, 3.63) is 84.2 Å². The molecular weight excluding hydrogens is 560 g/mol. The molecule has 0 amide bonds. The topological polar surface area (TPSA) is 114 Å². The van der Waals surface area contributed by atoms with Crippen molar-refractivity contribution in [3.8, 4) is 16.9 Å². The predicted octanol–water partition coefficient (Wildman–Crippen LogP) is 5.04. The van der Waals surface area contributed by atoms with Crippen molar-refractivity contribution in [1.82, 2.24) is 14.8 Å². The van der Waals surface area contributed by atoms with Crippen molar-refractivity contribution in [1.29, 1.82) is 0 Å². The number of piperazine rings is 1. The average Bonchev–Trinajstić information content (AvgIpc) is 2.91. The lowest BCUT2D eigenvalue weighted by molar-refractivity contribution is -0.193. The highest BCUT2D eigenvalue weighted by atomic mass is 19.4. The molecule has 3 N–H and O–H groups in total. The Kier molecular flexibility index (Phi) is 12.1. The van der Waals surface area contributed by atoms with Crippen LogP contribution in [0, 0.1) is 0 Å². The molecule has 2 aromatic carbocycles. The number of hydrogen-bond donors (Lipinski definition) is 3. The number of phenols is 1. The number of carboxylic acids is 2. The number of pyridine rings is 1. The van der Waals surface area contributed by atoms with E-state index in [4.69, 9.17) is 19.8 Å². The predicted molar refractivity (Wildman–Crippen MR) is 136 cm³/mol. The van der Waals surface area contributed by atoms with Gasteiger partial charge in [0, 0.05) is 51.7 Å². The highest BCUT2D eigenvalue weighted by Crippen LogP contribution is 2.23. The Morgan fingerprint density at radius 1 is 0.634 bits per heavy atom. The van der Waals surface area contributed by atoms with Gasteiger partial charge in [-0.25, -0.2) is 9.59 Å². The van der Waals surface area contributed by atoms with Gasteiger partial charge in [-0.05, 0) is 46.5 Å². The molecule has 1 aromatic heterocycles. The molecule has 3 aromatic rings. The summed E-state index contributed by atoms with van der Waals surface area (Å²) in [5.41, 5.74) is 4.99. The van der Waals surface area contributed by atoms with Crippen LogP contribution in [0.5, 0.6) is 5.75 Å². The maximum absolute atomic E-state index is 10.6. The summed E-state index contributed by atoms with van der Waals surface area (Å²) in [7, 11) is 0. The van der Waals surface area contributed by atoms with Crippen LogP contribution < -0.4 is 0 Å². The standard InChI is InChI=1S/C23H25N3O.2C2HF3O2/c27-23-7-5-22(6-8-23)21-3-1-19(2-4-21)17-25-13-15-26(16-14-25)18-20-9-11-24-12-10-20;2*3-2(4,5)1(6)7/h1-12,27H,13-18H2;2*(H,6,7). The minimum Gasteiger partial charge on any atom is -0.508 e. The Hall–Kier alpha value is -4.17. The summed E-state index contributed by atoms with van der Waals surface area (Å²) < 4.78 is 63.5. The Morgan fingerprint density at radius 2 is 0.951 bits per heavy atom. The number of aromatic hydroxyl groups is 1. The molecule has 0 bridgehead atoms. The van der Waals surface area contributed by atoms with Crippen molar-refractivity contribution < 1.29 is 51.3 Å². The first-order valence-corrected chi connectivity index (χ1v) is 12.0. The first-order chi connectivity index (χ1) is 19.1. The summed E-state index contributed by atoms with van der Waals surface area (Å²) >= 11 is 0. The number of phenolic OH excluding ortho intramolecular Hbond substituents is 1. The Balaban J connectivity index is 0.000000349. The lowest BCUT2D eigenvalue weighted by atomic mass is 10.0. The van der Waals surface area contributed by atoms with E-state index in [1.54, 1.807) is 12.1 Å². The SMILES string of the molecule is O=C(O)C(F)(F)F.O=C(O)C(F)(F)F.Oc1ccc(-c2ccc(CN3CCN(Cc4ccncc4)CC3)cc2)cc1. The zero-order valence-corrected chi connectivity index (χ0v) is 21.4. The van der Waals surface area contributed by atoms with Crippen LogP contribution in [-0.4, -0.2) is 80.6 Å². The van der Waals surface area contributed by atoms with Crippen LogP contribution in [-0.2, 0) is 22.7 Å². The number of hydrogen-bond acceptors (Lipinski definition) is 6. The highest BCUT2D eigenvalue weighted by molar-refractivity contribution is 5.73. The van der Waals surface area contributed by atoms with E-state index in [2.05, 4.69) is 51.2 Å². The molecule has 14 heteroatoms. The molecule has 41 heavy (non-hydrogen) atoms. The van der Waals surface area contributed by atoms with E-state index in [0.29, 0.717) is 5.75 Å². The number of alkyl halides is 6. The second-order valence-corrected chi connectivity index (χ2v) is 8.76. The third-order valence-corrected chi connectivity index (χ3v) is 5.67. The third kappa shape index (κ3) is 12.3. The number of carboxylic acid groups (broad SMARTS) is 2. The molecule has 1 aliphatic rings. The monoisotopic (exact) mass is 587 g/mol. The number of rotatable bonds is 5. The summed E-state index contributed by atoms with van der Waals surface area (Å²) in [5.74, 6) is -5.21. The zero-order valence-electron chi connectivity index (χ0n) is 21.4. The van der Waals surface area contributed by atoms with Gasteiger partial charge in [0.1, 0.15) is 5.75 Å². The van der Waals surface area contributed by atoms with Gasteiger partial charge < -0.3 is 15.3 Å². The van der Waals surface area contributed by atoms with E-state index >= 15 is 0 Å². The van der Waals surface area contributed by atoms with Gasteiger partial charge in [-0.1, -0.05) is 36.4 Å². The van der Waals surface area contributed by atoms with Crippen molar-refractivity contribution in [2.45, 2.75) is 25.4 Å². The van der Waals surface area contributed by atoms with E-state index in [1.807, 2.05) is 24.5 Å². The zero-order chi connectivity index (χ0) is 30.6. The molecule has 2 heterocycles. The van der Waals surface area contributed by atoms with E-state index in [1.165, 1.54) is 16.7 Å². The minimum atomic E-state index is -5.08. The number of nitrogens with zero attached hydrogens (tertiary/aromatic N) is 3. The van der Waals surface area contributed by atoms with Crippen molar-refractivity contribution >= 4 is 11.9 Å². The summed E-state index contributed by atoms with van der Waals surface area (Å²) in [6.07, 6.45) is -6.43. The van der Waals surface area contributed by atoms with Gasteiger partial charge in [-0.15, -0.1) is 0 Å². The van der Waals surface area contributed by atoms with Crippen molar-refractivity contribution in [3.63, 3.8) is 0 Å². The summed E-state index contributed by atoms with van der Waals surface area (Å²) in [6.45, 7) is 6.42. The molecular formula is C27H27F6N3O5. The first-order valence-electron chi connectivity index (χ1n) is 12.0. The number of aromatic nitrogens is 1. The largest absolute Gasteiger partial charge is 0.508 e. The fraction of sp³-hybridized carbons (Fsp3) is 0.296. The Bertz CT molecular complexity index is 1210. The molecule has 4 rings (SSSR count). The fourth-order valence-electron chi connectivity index (χ4n) is 3.57. The van der Waals surface area contributed by atoms with Gasteiger partial charge in [0.05, 0.1) is 0 Å². The quantitative estimate of drug-likeness (QED) is 0.356. The van der Waals surface area contributed by atoms with Crippen LogP contribution in [0.1, 0.15) is 11.1 Å². The van der Waals surface area contributed by atoms with Gasteiger partial charge >= 0.3 is 24.3 Å². The van der Waals surface area contributed by atoms with E-state index in [0.717, 1.165) is 44.8 Å². The number of benzene rings is 2. The minimum absolute atomic E-state index is 0.304. The van der Waals surface area contributed by atoms with E-state index in [9.17, 15) is 31.4 Å². The second kappa shape index (κ2) is 15.0. The first kappa shape index (κ1) is 33.0. The molecule has 0 radical (unpaired) electrons. The van der Waals surface area contributed by atoms with Gasteiger partial charge in [0.25, 0.3) is 0 Å². The maximum Gasteiger partial charge on any atom is 0.490 e. The molecule has 0 unspecified atom stereocenters. The molecule has 0 saturated carbocycles. The molecule has 222 valence electrons. The maximum atomic E-state index is 10.6.